The third-order valence-electron chi connectivity index (χ3n) is 2.08. The first-order valence-electron chi connectivity index (χ1n) is 5.55. The number of nitrogen functional groups attached to an aromatic ring is 1. The van der Waals surface area contributed by atoms with Gasteiger partial charge in [0.1, 0.15) is 5.75 Å². The van der Waals surface area contributed by atoms with Crippen LogP contribution in [0.2, 0.25) is 0 Å². The van der Waals surface area contributed by atoms with Gasteiger partial charge in [-0.1, -0.05) is 6.07 Å². The molecular formula is C12H20N2O2. The number of hydrogen-bond acceptors (Lipinski definition) is 4. The minimum Gasteiger partial charge on any atom is -0.489 e. The van der Waals surface area contributed by atoms with Gasteiger partial charge in [-0.2, -0.15) is 0 Å². The van der Waals surface area contributed by atoms with Crippen LogP contribution < -0.4 is 15.8 Å². The van der Waals surface area contributed by atoms with E-state index in [0.29, 0.717) is 24.4 Å². The zero-order valence-corrected chi connectivity index (χ0v) is 9.86. The lowest BCUT2D eigenvalue weighted by Gasteiger charge is -2.15. The minimum absolute atomic E-state index is 0.106. The van der Waals surface area contributed by atoms with Crippen LogP contribution in [0, 0.1) is 0 Å². The molecule has 0 aliphatic rings. The maximum Gasteiger partial charge on any atom is 0.144 e. The first-order chi connectivity index (χ1) is 7.65. The molecule has 0 spiro atoms. The summed E-state index contributed by atoms with van der Waals surface area (Å²) in [6.45, 7) is 4.80. The number of aliphatic hydroxyl groups is 1. The Morgan fingerprint density at radius 2 is 2.19 bits per heavy atom. The summed E-state index contributed by atoms with van der Waals surface area (Å²) in [5.74, 6) is 0.698. The Balaban J connectivity index is 2.70. The van der Waals surface area contributed by atoms with E-state index in [1.807, 2.05) is 32.0 Å². The largest absolute Gasteiger partial charge is 0.489 e. The van der Waals surface area contributed by atoms with Crippen molar-refractivity contribution in [2.45, 2.75) is 26.4 Å². The highest BCUT2D eigenvalue weighted by Gasteiger charge is 2.06. The number of rotatable bonds is 6. The van der Waals surface area contributed by atoms with Gasteiger partial charge in [0.15, 0.2) is 0 Å². The Kier molecular flexibility index (Phi) is 4.92. The van der Waals surface area contributed by atoms with Crippen molar-refractivity contribution >= 4 is 11.4 Å². The molecule has 0 aliphatic carbocycles. The predicted molar refractivity (Wildman–Crippen MR) is 66.8 cm³/mol. The van der Waals surface area contributed by atoms with Crippen LogP contribution in [0.4, 0.5) is 11.4 Å². The van der Waals surface area contributed by atoms with Gasteiger partial charge in [0.25, 0.3) is 0 Å². The molecule has 4 N–H and O–H groups in total. The molecule has 90 valence electrons. The lowest BCUT2D eigenvalue weighted by atomic mass is 10.2. The number of anilines is 2. The van der Waals surface area contributed by atoms with Gasteiger partial charge in [0.2, 0.25) is 0 Å². The van der Waals surface area contributed by atoms with Gasteiger partial charge in [-0.05, 0) is 32.4 Å². The van der Waals surface area contributed by atoms with Crippen LogP contribution in [0.25, 0.3) is 0 Å². The summed E-state index contributed by atoms with van der Waals surface area (Å²) >= 11 is 0. The molecule has 0 unspecified atom stereocenters. The molecule has 0 saturated carbocycles. The fraction of sp³-hybridized carbons (Fsp3) is 0.500. The van der Waals surface area contributed by atoms with Gasteiger partial charge in [0.05, 0.1) is 17.5 Å². The number of benzene rings is 1. The number of para-hydroxylation sites is 1. The number of nitrogens with two attached hydrogens (primary N) is 1. The SMILES string of the molecule is CC(C)Oc1cccc(NCCCO)c1N. The molecule has 4 heteroatoms. The van der Waals surface area contributed by atoms with Crippen LogP contribution >= 0.6 is 0 Å². The van der Waals surface area contributed by atoms with Crippen LogP contribution in [0.5, 0.6) is 5.75 Å². The molecule has 1 aromatic carbocycles. The van der Waals surface area contributed by atoms with E-state index in [1.165, 1.54) is 0 Å². The summed E-state index contributed by atoms with van der Waals surface area (Å²) < 4.78 is 5.58. The molecule has 0 radical (unpaired) electrons. The molecule has 0 amide bonds. The summed E-state index contributed by atoms with van der Waals surface area (Å²) in [5, 5.41) is 11.9. The monoisotopic (exact) mass is 224 g/mol. The molecule has 0 atom stereocenters. The second-order valence-electron chi connectivity index (χ2n) is 3.89. The molecule has 0 saturated heterocycles. The fourth-order valence-electron chi connectivity index (χ4n) is 1.36. The highest BCUT2D eigenvalue weighted by atomic mass is 16.5. The summed E-state index contributed by atoms with van der Waals surface area (Å²) in [5.41, 5.74) is 7.44. The fourth-order valence-corrected chi connectivity index (χ4v) is 1.36. The first-order valence-corrected chi connectivity index (χ1v) is 5.55. The third-order valence-corrected chi connectivity index (χ3v) is 2.08. The molecule has 0 heterocycles. The molecule has 1 aromatic rings. The Hall–Kier alpha value is -1.42. The van der Waals surface area contributed by atoms with Crippen LogP contribution in [-0.4, -0.2) is 24.4 Å². The highest BCUT2D eigenvalue weighted by Crippen LogP contribution is 2.29. The number of nitrogens with one attached hydrogen (secondary N) is 1. The number of aliphatic hydroxyl groups excluding tert-OH is 1. The second-order valence-corrected chi connectivity index (χ2v) is 3.89. The molecule has 0 fully saturated rings. The van der Waals surface area contributed by atoms with Gasteiger partial charge in [0, 0.05) is 13.2 Å². The molecule has 0 aliphatic heterocycles. The molecule has 0 bridgehead atoms. The summed E-state index contributed by atoms with van der Waals surface area (Å²) in [7, 11) is 0. The molecule has 4 nitrogen and oxygen atoms in total. The number of hydrogen-bond donors (Lipinski definition) is 3. The predicted octanol–water partition coefficient (Wildman–Crippen LogP) is 1.85. The zero-order chi connectivity index (χ0) is 12.0. The van der Waals surface area contributed by atoms with E-state index in [4.69, 9.17) is 15.6 Å². The van der Waals surface area contributed by atoms with E-state index in [9.17, 15) is 0 Å². The zero-order valence-electron chi connectivity index (χ0n) is 9.86. The van der Waals surface area contributed by atoms with Gasteiger partial charge in [-0.3, -0.25) is 0 Å². The summed E-state index contributed by atoms with van der Waals surface area (Å²) in [6, 6.07) is 5.65. The Morgan fingerprint density at radius 3 is 2.81 bits per heavy atom. The average Bonchev–Trinajstić information content (AvgIpc) is 2.23. The molecule has 0 aromatic heterocycles. The highest BCUT2D eigenvalue weighted by molar-refractivity contribution is 5.72. The van der Waals surface area contributed by atoms with E-state index in [0.717, 1.165) is 5.69 Å². The molecule has 16 heavy (non-hydrogen) atoms. The van der Waals surface area contributed by atoms with Gasteiger partial charge < -0.3 is 20.9 Å². The quantitative estimate of drug-likeness (QED) is 0.509. The molecule has 1 rings (SSSR count). The van der Waals surface area contributed by atoms with Crippen molar-refractivity contribution < 1.29 is 9.84 Å². The van der Waals surface area contributed by atoms with Crippen LogP contribution in [-0.2, 0) is 0 Å². The lowest BCUT2D eigenvalue weighted by Crippen LogP contribution is -2.10. The summed E-state index contributed by atoms with van der Waals surface area (Å²) in [4.78, 5) is 0. The van der Waals surface area contributed by atoms with E-state index < -0.39 is 0 Å². The third kappa shape index (κ3) is 3.62. The van der Waals surface area contributed by atoms with Crippen molar-refractivity contribution in [2.75, 3.05) is 24.2 Å². The first kappa shape index (κ1) is 12.6. The van der Waals surface area contributed by atoms with Gasteiger partial charge in [-0.25, -0.2) is 0 Å². The van der Waals surface area contributed by atoms with Crippen LogP contribution in [0.15, 0.2) is 18.2 Å². The standard InChI is InChI=1S/C12H20N2O2/c1-9(2)16-11-6-3-5-10(12(11)13)14-7-4-8-15/h3,5-6,9,14-15H,4,7-8,13H2,1-2H3. The maximum atomic E-state index is 8.69. The van der Waals surface area contributed by atoms with Gasteiger partial charge in [-0.15, -0.1) is 0 Å². The normalized spacial score (nSPS) is 10.5. The van der Waals surface area contributed by atoms with Crippen molar-refractivity contribution in [3.8, 4) is 5.75 Å². The van der Waals surface area contributed by atoms with Crippen LogP contribution in [0.1, 0.15) is 20.3 Å². The van der Waals surface area contributed by atoms with Crippen molar-refractivity contribution in [3.63, 3.8) is 0 Å². The smallest absolute Gasteiger partial charge is 0.144 e. The van der Waals surface area contributed by atoms with Crippen molar-refractivity contribution in [1.29, 1.82) is 0 Å². The van der Waals surface area contributed by atoms with Gasteiger partial charge >= 0.3 is 0 Å². The molecular weight excluding hydrogens is 204 g/mol. The minimum atomic E-state index is 0.106. The van der Waals surface area contributed by atoms with Crippen molar-refractivity contribution in [1.82, 2.24) is 0 Å². The Bertz CT molecular complexity index is 327. The lowest BCUT2D eigenvalue weighted by molar-refractivity contribution is 0.244. The van der Waals surface area contributed by atoms with Crippen LogP contribution in [0.3, 0.4) is 0 Å². The summed E-state index contributed by atoms with van der Waals surface area (Å²) in [6.07, 6.45) is 0.810. The van der Waals surface area contributed by atoms with E-state index in [2.05, 4.69) is 5.32 Å². The maximum absolute atomic E-state index is 8.69. The van der Waals surface area contributed by atoms with E-state index in [-0.39, 0.29) is 12.7 Å². The van der Waals surface area contributed by atoms with E-state index >= 15 is 0 Å². The number of ether oxygens (including phenoxy) is 1. The second kappa shape index (κ2) is 6.23. The Morgan fingerprint density at radius 1 is 1.44 bits per heavy atom. The Labute approximate surface area is 96.4 Å². The van der Waals surface area contributed by atoms with Crippen molar-refractivity contribution in [2.24, 2.45) is 0 Å². The van der Waals surface area contributed by atoms with E-state index in [1.54, 1.807) is 0 Å². The van der Waals surface area contributed by atoms with Crippen molar-refractivity contribution in [3.05, 3.63) is 18.2 Å². The average molecular weight is 224 g/mol. The topological polar surface area (TPSA) is 67.5 Å².